The Labute approximate surface area is 313 Å². The van der Waals surface area contributed by atoms with Gasteiger partial charge in [-0.3, -0.25) is 9.97 Å². The van der Waals surface area contributed by atoms with Gasteiger partial charge in [0.2, 0.25) is 0 Å². The Morgan fingerprint density at radius 3 is 1.83 bits per heavy atom. The number of aromatic nitrogens is 3. The second-order valence-corrected chi connectivity index (χ2v) is 13.8. The van der Waals surface area contributed by atoms with Crippen molar-refractivity contribution in [2.24, 2.45) is 0 Å². The van der Waals surface area contributed by atoms with Crippen LogP contribution in [0.25, 0.3) is 93.0 Å². The molecule has 0 amide bonds. The molecule has 0 aliphatic heterocycles. The molecule has 10 aromatic rings. The van der Waals surface area contributed by atoms with Crippen LogP contribution in [0.4, 0.5) is 0 Å². The lowest BCUT2D eigenvalue weighted by Crippen LogP contribution is -1.92. The average molecular weight is 690 g/mol. The molecular formula is C51H35N3. The molecule has 0 N–H and O–H groups in total. The van der Waals surface area contributed by atoms with Crippen molar-refractivity contribution >= 4 is 70.6 Å². The summed E-state index contributed by atoms with van der Waals surface area (Å²) in [5.74, 6) is 0. The summed E-state index contributed by atoms with van der Waals surface area (Å²) < 4.78 is 0. The Kier molecular flexibility index (Phi) is 7.77. The zero-order valence-corrected chi connectivity index (χ0v) is 29.9. The highest BCUT2D eigenvalue weighted by molar-refractivity contribution is 6.31. The molecule has 7 aromatic carbocycles. The Morgan fingerprint density at radius 1 is 0.481 bits per heavy atom. The lowest BCUT2D eigenvalue weighted by atomic mass is 9.92. The maximum Gasteiger partial charge on any atom is 0.0970 e. The predicted molar refractivity (Wildman–Crippen MR) is 229 cm³/mol. The van der Waals surface area contributed by atoms with Crippen molar-refractivity contribution in [3.05, 3.63) is 193 Å². The third-order valence-corrected chi connectivity index (χ3v) is 10.8. The van der Waals surface area contributed by atoms with Crippen molar-refractivity contribution in [2.45, 2.75) is 13.3 Å². The molecule has 3 nitrogen and oxygen atoms in total. The van der Waals surface area contributed by atoms with Crippen LogP contribution in [0, 0.1) is 0 Å². The van der Waals surface area contributed by atoms with Crippen LogP contribution in [0.2, 0.25) is 0 Å². The highest BCUT2D eigenvalue weighted by atomic mass is 14.7. The minimum atomic E-state index is 0.842. The van der Waals surface area contributed by atoms with Crippen molar-refractivity contribution in [2.75, 3.05) is 0 Å². The average Bonchev–Trinajstić information content (AvgIpc) is 3.25. The number of pyridine rings is 3. The summed E-state index contributed by atoms with van der Waals surface area (Å²) >= 11 is 0. The fraction of sp³-hybridized carbons (Fsp3) is 0.0392. The number of benzene rings is 7. The zero-order valence-electron chi connectivity index (χ0n) is 29.9. The molecule has 54 heavy (non-hydrogen) atoms. The summed E-state index contributed by atoms with van der Waals surface area (Å²) in [6.07, 6.45) is 11.2. The Bertz CT molecular complexity index is 3120. The van der Waals surface area contributed by atoms with Crippen LogP contribution >= 0.6 is 0 Å². The molecule has 10 rings (SSSR count). The van der Waals surface area contributed by atoms with Crippen LogP contribution in [0.15, 0.2) is 182 Å². The summed E-state index contributed by atoms with van der Waals surface area (Å²) in [4.78, 5) is 14.8. The number of allylic oxidation sites excluding steroid dienone is 4. The fourth-order valence-corrected chi connectivity index (χ4v) is 8.13. The van der Waals surface area contributed by atoms with Crippen molar-refractivity contribution in [1.29, 1.82) is 0 Å². The summed E-state index contributed by atoms with van der Waals surface area (Å²) in [5, 5.41) is 10.8. The maximum atomic E-state index is 5.44. The van der Waals surface area contributed by atoms with Crippen molar-refractivity contribution in [3.63, 3.8) is 0 Å². The molecule has 0 saturated heterocycles. The van der Waals surface area contributed by atoms with Crippen LogP contribution in [0.1, 0.15) is 18.1 Å². The van der Waals surface area contributed by atoms with E-state index in [4.69, 9.17) is 9.97 Å². The Balaban J connectivity index is 0.932. The first-order chi connectivity index (χ1) is 26.7. The van der Waals surface area contributed by atoms with Crippen molar-refractivity contribution in [3.8, 4) is 22.4 Å². The Morgan fingerprint density at radius 2 is 1.09 bits per heavy atom. The molecule has 3 heterocycles. The smallest absolute Gasteiger partial charge is 0.0970 e. The molecular weight excluding hydrogens is 655 g/mol. The van der Waals surface area contributed by atoms with Crippen LogP contribution in [0.5, 0.6) is 0 Å². The molecule has 3 aromatic heterocycles. The summed E-state index contributed by atoms with van der Waals surface area (Å²) in [7, 11) is 0. The molecule has 0 spiro atoms. The van der Waals surface area contributed by atoms with Gasteiger partial charge in [-0.25, -0.2) is 4.98 Å². The van der Waals surface area contributed by atoms with E-state index in [0.717, 1.165) is 45.0 Å². The minimum absolute atomic E-state index is 0.842. The van der Waals surface area contributed by atoms with E-state index in [0.29, 0.717) is 0 Å². The minimum Gasteiger partial charge on any atom is -0.254 e. The van der Waals surface area contributed by atoms with E-state index in [2.05, 4.69) is 176 Å². The van der Waals surface area contributed by atoms with Crippen LogP contribution in [-0.4, -0.2) is 15.0 Å². The van der Waals surface area contributed by atoms with E-state index >= 15 is 0 Å². The SMILES string of the molecule is C/C=C(\C=C/Cc1ccc(-c2ccc(-c3nc4c5ccccc5c5ccccc5c4c4ccccc34)cc2)cc1)c1ccnc2c1ccc1cccnc12. The number of fused-ring (bicyclic) bond motifs is 11. The molecule has 254 valence electrons. The summed E-state index contributed by atoms with van der Waals surface area (Å²) in [6, 6.07) is 54.3. The number of nitrogens with zero attached hydrogens (tertiary/aromatic N) is 3. The summed E-state index contributed by atoms with van der Waals surface area (Å²) in [6.45, 7) is 2.09. The second-order valence-electron chi connectivity index (χ2n) is 13.8. The van der Waals surface area contributed by atoms with Gasteiger partial charge in [0.1, 0.15) is 0 Å². The molecule has 0 unspecified atom stereocenters. The van der Waals surface area contributed by atoms with E-state index in [1.807, 2.05) is 18.5 Å². The van der Waals surface area contributed by atoms with Crippen LogP contribution in [-0.2, 0) is 6.42 Å². The maximum absolute atomic E-state index is 5.44. The number of hydrogen-bond donors (Lipinski definition) is 0. The van der Waals surface area contributed by atoms with Crippen LogP contribution < -0.4 is 0 Å². The molecule has 0 radical (unpaired) electrons. The molecule has 0 bridgehead atoms. The molecule has 3 heteroatoms. The quantitative estimate of drug-likeness (QED) is 0.129. The first-order valence-electron chi connectivity index (χ1n) is 18.5. The standard InChI is InChI=1S/C51H35N3/c1-2-34(39-30-32-53-51-46(39)29-28-37-13-10-31-52-49(37)51)12-9-11-33-20-22-35(23-21-33)36-24-26-38(27-25-36)48-45-19-8-6-17-43(45)47-42-16-5-3-14-40(42)41-15-4-7-18-44(41)50(47)54-48/h2-10,12-32H,11H2,1H3/b12-9-,34-2+. The molecule has 0 aliphatic carbocycles. The van der Waals surface area contributed by atoms with Gasteiger partial charge in [-0.2, -0.15) is 0 Å². The molecule has 0 aliphatic rings. The number of rotatable bonds is 6. The third kappa shape index (κ3) is 5.33. The van der Waals surface area contributed by atoms with E-state index in [1.54, 1.807) is 0 Å². The van der Waals surface area contributed by atoms with Gasteiger partial charge in [0.05, 0.1) is 22.2 Å². The molecule has 0 atom stereocenters. The van der Waals surface area contributed by atoms with Gasteiger partial charge in [0, 0.05) is 44.9 Å². The highest BCUT2D eigenvalue weighted by Crippen LogP contribution is 2.41. The Hall–Kier alpha value is -6.97. The van der Waals surface area contributed by atoms with Gasteiger partial charge in [-0.05, 0) is 74.8 Å². The van der Waals surface area contributed by atoms with Crippen molar-refractivity contribution < 1.29 is 0 Å². The van der Waals surface area contributed by atoms with Crippen LogP contribution in [0.3, 0.4) is 0 Å². The van der Waals surface area contributed by atoms with Gasteiger partial charge in [0.25, 0.3) is 0 Å². The van der Waals surface area contributed by atoms with E-state index < -0.39 is 0 Å². The molecule has 0 fully saturated rings. The topological polar surface area (TPSA) is 38.7 Å². The lowest BCUT2D eigenvalue weighted by Gasteiger charge is -2.15. The monoisotopic (exact) mass is 689 g/mol. The number of hydrogen-bond acceptors (Lipinski definition) is 3. The first-order valence-corrected chi connectivity index (χ1v) is 18.5. The van der Waals surface area contributed by atoms with E-state index in [9.17, 15) is 0 Å². The largest absolute Gasteiger partial charge is 0.254 e. The summed E-state index contributed by atoms with van der Waals surface area (Å²) in [5.41, 5.74) is 11.0. The highest BCUT2D eigenvalue weighted by Gasteiger charge is 2.16. The van der Waals surface area contributed by atoms with Gasteiger partial charge in [0.15, 0.2) is 0 Å². The predicted octanol–water partition coefficient (Wildman–Crippen LogP) is 13.3. The lowest BCUT2D eigenvalue weighted by molar-refractivity contribution is 1.27. The van der Waals surface area contributed by atoms with Gasteiger partial charge >= 0.3 is 0 Å². The zero-order chi connectivity index (χ0) is 36.0. The molecule has 0 saturated carbocycles. The fourth-order valence-electron chi connectivity index (χ4n) is 8.13. The third-order valence-electron chi connectivity index (χ3n) is 10.8. The second kappa shape index (κ2) is 13.2. The van der Waals surface area contributed by atoms with E-state index in [-0.39, 0.29) is 0 Å². The van der Waals surface area contributed by atoms with Gasteiger partial charge in [-0.15, -0.1) is 0 Å². The van der Waals surface area contributed by atoms with E-state index in [1.165, 1.54) is 65.5 Å². The van der Waals surface area contributed by atoms with Gasteiger partial charge in [-0.1, -0.05) is 158 Å². The van der Waals surface area contributed by atoms with Gasteiger partial charge < -0.3 is 0 Å². The normalized spacial score (nSPS) is 12.3. The first kappa shape index (κ1) is 31.7. The van der Waals surface area contributed by atoms with Crippen molar-refractivity contribution in [1.82, 2.24) is 15.0 Å².